The van der Waals surface area contributed by atoms with Gasteiger partial charge < -0.3 is 5.32 Å². The molecule has 1 aromatic heterocycles. The lowest BCUT2D eigenvalue weighted by Crippen LogP contribution is -2.37. The number of carbonyl (C=O) groups is 1. The average molecular weight is 511 g/mol. The van der Waals surface area contributed by atoms with Gasteiger partial charge in [0.15, 0.2) is 9.84 Å². The number of pyridine rings is 1. The van der Waals surface area contributed by atoms with E-state index < -0.39 is 58.3 Å². The Morgan fingerprint density at radius 3 is 2.30 bits per heavy atom. The fourth-order valence-electron chi connectivity index (χ4n) is 3.76. The third kappa shape index (κ3) is 6.20. The molecule has 2 aromatic rings. The highest BCUT2D eigenvalue weighted by molar-refractivity contribution is 7.90. The first kappa shape index (κ1) is 25.4. The molecule has 1 saturated carbocycles. The fraction of sp³-hybridized carbons (Fsp3) is 0.429. The van der Waals surface area contributed by atoms with Gasteiger partial charge in [0.1, 0.15) is 5.69 Å². The zero-order chi connectivity index (χ0) is 24.6. The first-order valence-electron chi connectivity index (χ1n) is 9.89. The quantitative estimate of drug-likeness (QED) is 0.542. The maximum absolute atomic E-state index is 13.7. The summed E-state index contributed by atoms with van der Waals surface area (Å²) in [6.45, 7) is 0. The monoisotopic (exact) mass is 510 g/mol. The maximum Gasteiger partial charge on any atom is 0.433 e. The highest BCUT2D eigenvalue weighted by Crippen LogP contribution is 2.42. The van der Waals surface area contributed by atoms with E-state index in [0.717, 1.165) is 30.7 Å². The van der Waals surface area contributed by atoms with Gasteiger partial charge >= 0.3 is 6.18 Å². The number of hydrogen-bond donors (Lipinski definition) is 1. The van der Waals surface area contributed by atoms with Gasteiger partial charge in [-0.15, -0.1) is 0 Å². The predicted molar refractivity (Wildman–Crippen MR) is 111 cm³/mol. The lowest BCUT2D eigenvalue weighted by molar-refractivity contribution is -0.141. The van der Waals surface area contributed by atoms with Crippen molar-refractivity contribution in [2.75, 3.05) is 6.26 Å². The molecule has 12 heteroatoms. The van der Waals surface area contributed by atoms with E-state index in [1.54, 1.807) is 0 Å². The van der Waals surface area contributed by atoms with Crippen molar-refractivity contribution in [1.29, 1.82) is 0 Å². The molecule has 1 heterocycles. The number of aromatic nitrogens is 1. The van der Waals surface area contributed by atoms with Gasteiger partial charge in [0.05, 0.1) is 21.5 Å². The van der Waals surface area contributed by atoms with Gasteiger partial charge in [-0.1, -0.05) is 17.7 Å². The number of rotatable bonds is 5. The highest BCUT2D eigenvalue weighted by Gasteiger charge is 2.39. The number of alkyl halides is 5. The lowest BCUT2D eigenvalue weighted by atomic mass is 9.79. The van der Waals surface area contributed by atoms with Crippen molar-refractivity contribution < 1.29 is 35.2 Å². The topological polar surface area (TPSA) is 76.1 Å². The predicted octanol–water partition coefficient (Wildman–Crippen LogP) is 5.45. The van der Waals surface area contributed by atoms with Crippen molar-refractivity contribution >= 4 is 27.3 Å². The zero-order valence-electron chi connectivity index (χ0n) is 17.3. The molecule has 0 aliphatic heterocycles. The van der Waals surface area contributed by atoms with Crippen molar-refractivity contribution in [3.05, 3.63) is 58.4 Å². The van der Waals surface area contributed by atoms with Crippen LogP contribution in [0.1, 0.15) is 53.3 Å². The van der Waals surface area contributed by atoms with E-state index in [1.807, 2.05) is 0 Å². The Kier molecular flexibility index (Phi) is 7.05. The second kappa shape index (κ2) is 9.17. The number of amides is 1. The average Bonchev–Trinajstić information content (AvgIpc) is 2.71. The van der Waals surface area contributed by atoms with E-state index in [4.69, 9.17) is 11.6 Å². The zero-order valence-corrected chi connectivity index (χ0v) is 18.9. The molecular formula is C21H20ClF5N2O3S. The van der Waals surface area contributed by atoms with Crippen molar-refractivity contribution in [3.63, 3.8) is 0 Å². The number of hydrogen-bond acceptors (Lipinski definition) is 4. The molecule has 1 aliphatic rings. The third-order valence-electron chi connectivity index (χ3n) is 5.57. The number of halogens is 6. The number of nitrogens with one attached hydrogen (secondary N) is 1. The SMILES string of the molecule is CS(=O)(=O)c1ccc(C(=O)NC(c2ccc(C(F)(F)F)nc2)C2CCC(F)(F)CC2)c(Cl)c1. The maximum atomic E-state index is 13.7. The normalized spacial score (nSPS) is 18.0. The minimum Gasteiger partial charge on any atom is -0.345 e. The van der Waals surface area contributed by atoms with E-state index in [1.165, 1.54) is 12.1 Å². The second-order valence-corrected chi connectivity index (χ2v) is 10.5. The van der Waals surface area contributed by atoms with Gasteiger partial charge in [0, 0.05) is 25.3 Å². The van der Waals surface area contributed by atoms with Crippen LogP contribution in [0.4, 0.5) is 22.0 Å². The standard InChI is InChI=1S/C21H20ClF5N2O3S/c1-33(31,32)14-3-4-15(16(22)10-14)19(30)29-18(12-6-8-20(23,24)9-7-12)13-2-5-17(28-11-13)21(25,26)27/h2-5,10-12,18H,6-9H2,1H3,(H,29,30). The van der Waals surface area contributed by atoms with Gasteiger partial charge in [-0.05, 0) is 48.6 Å². The number of carbonyl (C=O) groups excluding carboxylic acids is 1. The Bertz CT molecular complexity index is 1130. The Morgan fingerprint density at radius 1 is 1.18 bits per heavy atom. The molecule has 1 N–H and O–H groups in total. The molecule has 3 rings (SSSR count). The van der Waals surface area contributed by atoms with Gasteiger partial charge in [-0.25, -0.2) is 17.2 Å². The summed E-state index contributed by atoms with van der Waals surface area (Å²) in [4.78, 5) is 16.2. The summed E-state index contributed by atoms with van der Waals surface area (Å²) in [6.07, 6.45) is -3.46. The van der Waals surface area contributed by atoms with Crippen molar-refractivity contribution in [1.82, 2.24) is 10.3 Å². The van der Waals surface area contributed by atoms with E-state index in [0.29, 0.717) is 0 Å². The molecule has 0 spiro atoms. The summed E-state index contributed by atoms with van der Waals surface area (Å²) in [6, 6.07) is 4.55. The van der Waals surface area contributed by atoms with Gasteiger partial charge in [-0.3, -0.25) is 9.78 Å². The molecule has 1 unspecified atom stereocenters. The molecule has 1 aromatic carbocycles. The van der Waals surface area contributed by atoms with E-state index in [-0.39, 0.29) is 33.9 Å². The summed E-state index contributed by atoms with van der Waals surface area (Å²) < 4.78 is 89.3. The van der Waals surface area contributed by atoms with E-state index >= 15 is 0 Å². The van der Waals surface area contributed by atoms with Crippen LogP contribution in [-0.2, 0) is 16.0 Å². The first-order valence-corrected chi connectivity index (χ1v) is 12.2. The minimum atomic E-state index is -4.65. The highest BCUT2D eigenvalue weighted by atomic mass is 35.5. The molecule has 1 amide bonds. The Balaban J connectivity index is 1.91. The summed E-state index contributed by atoms with van der Waals surface area (Å²) in [5, 5.41) is 2.52. The van der Waals surface area contributed by atoms with Crippen LogP contribution in [0, 0.1) is 5.92 Å². The summed E-state index contributed by atoms with van der Waals surface area (Å²) >= 11 is 6.09. The molecule has 1 atom stereocenters. The number of sulfone groups is 1. The largest absolute Gasteiger partial charge is 0.433 e. The number of benzene rings is 1. The first-order chi connectivity index (χ1) is 15.2. The molecule has 0 saturated heterocycles. The third-order valence-corrected chi connectivity index (χ3v) is 6.99. The van der Waals surface area contributed by atoms with Crippen molar-refractivity contribution in [2.45, 2.75) is 48.7 Å². The van der Waals surface area contributed by atoms with Crippen LogP contribution in [0.3, 0.4) is 0 Å². The van der Waals surface area contributed by atoms with E-state index in [2.05, 4.69) is 10.3 Å². The smallest absolute Gasteiger partial charge is 0.345 e. The minimum absolute atomic E-state index is 0.0414. The Labute approximate surface area is 192 Å². The molecule has 1 aliphatic carbocycles. The fourth-order valence-corrected chi connectivity index (χ4v) is 4.73. The molecule has 1 fully saturated rings. The summed E-state index contributed by atoms with van der Waals surface area (Å²) in [7, 11) is -3.57. The van der Waals surface area contributed by atoms with Crippen LogP contribution >= 0.6 is 11.6 Å². The summed E-state index contributed by atoms with van der Waals surface area (Å²) in [5.74, 6) is -4.03. The second-order valence-electron chi connectivity index (χ2n) is 8.03. The van der Waals surface area contributed by atoms with Crippen LogP contribution < -0.4 is 5.32 Å². The molecule has 5 nitrogen and oxygen atoms in total. The molecule has 180 valence electrons. The van der Waals surface area contributed by atoms with E-state index in [9.17, 15) is 35.2 Å². The molecule has 0 bridgehead atoms. The van der Waals surface area contributed by atoms with Crippen LogP contribution in [0.25, 0.3) is 0 Å². The Hall–Kier alpha value is -2.27. The van der Waals surface area contributed by atoms with Crippen LogP contribution in [0.5, 0.6) is 0 Å². The van der Waals surface area contributed by atoms with Crippen molar-refractivity contribution in [2.24, 2.45) is 5.92 Å². The Morgan fingerprint density at radius 2 is 1.82 bits per heavy atom. The van der Waals surface area contributed by atoms with Crippen LogP contribution in [0.15, 0.2) is 41.4 Å². The lowest BCUT2D eigenvalue weighted by Gasteiger charge is -2.34. The molecular weight excluding hydrogens is 491 g/mol. The van der Waals surface area contributed by atoms with Crippen LogP contribution in [-0.4, -0.2) is 31.5 Å². The van der Waals surface area contributed by atoms with Crippen LogP contribution in [0.2, 0.25) is 5.02 Å². The van der Waals surface area contributed by atoms with Gasteiger partial charge in [-0.2, -0.15) is 13.2 Å². The summed E-state index contributed by atoms with van der Waals surface area (Å²) in [5.41, 5.74) is -0.948. The molecule has 0 radical (unpaired) electrons. The van der Waals surface area contributed by atoms with Gasteiger partial charge in [0.25, 0.3) is 5.91 Å². The number of nitrogens with zero attached hydrogens (tertiary/aromatic N) is 1. The van der Waals surface area contributed by atoms with Crippen molar-refractivity contribution in [3.8, 4) is 0 Å². The molecule has 33 heavy (non-hydrogen) atoms. The van der Waals surface area contributed by atoms with Gasteiger partial charge in [0.2, 0.25) is 5.92 Å².